The van der Waals surface area contributed by atoms with Gasteiger partial charge in [-0.3, -0.25) is 9.78 Å². The first-order valence-electron chi connectivity index (χ1n) is 11.8. The molecular formula is C26H26N2O8S2. The first kappa shape index (κ1) is 27.3. The van der Waals surface area contributed by atoms with Crippen LogP contribution in [0.2, 0.25) is 0 Å². The van der Waals surface area contributed by atoms with Crippen molar-refractivity contribution in [2.45, 2.75) is 42.6 Å². The number of nitrogens with zero attached hydrogens (tertiary/aromatic N) is 1. The highest BCUT2D eigenvalue weighted by Crippen LogP contribution is 2.36. The fraction of sp³-hybridized carbons (Fsp3) is 0.269. The smallest absolute Gasteiger partial charge is 0.335 e. The summed E-state index contributed by atoms with van der Waals surface area (Å²) in [5, 5.41) is 9.40. The van der Waals surface area contributed by atoms with Crippen molar-refractivity contribution in [2.75, 3.05) is 12.5 Å². The maximum atomic E-state index is 13.5. The van der Waals surface area contributed by atoms with Gasteiger partial charge in [-0.15, -0.1) is 11.8 Å². The van der Waals surface area contributed by atoms with Crippen LogP contribution in [0.25, 0.3) is 0 Å². The number of thioether (sulfide) groups is 1. The lowest BCUT2D eigenvalue weighted by Crippen LogP contribution is -2.37. The fourth-order valence-corrected chi connectivity index (χ4v) is 6.04. The van der Waals surface area contributed by atoms with Gasteiger partial charge in [0.15, 0.2) is 11.5 Å². The van der Waals surface area contributed by atoms with Crippen molar-refractivity contribution in [1.29, 1.82) is 0 Å². The number of carbonyl (C=O) groups is 2. The quantitative estimate of drug-likeness (QED) is 0.329. The number of sulfonamides is 1. The van der Waals surface area contributed by atoms with Crippen LogP contribution in [-0.2, 0) is 21.2 Å². The standard InChI is InChI=1S/C26H26N2O8S2/c1-3-5-16-12-18(26(30)31)7-8-19(16)36-24(17-6-9-20-21(13-17)35-15-34-20)25(29)28-38(32,33)23-14-27-11-10-22(23)37-4-2/h6-14,24H,3-5,15H2,1-2H3,(H,28,29)(H,30,31). The molecular weight excluding hydrogens is 532 g/mol. The van der Waals surface area contributed by atoms with Crippen LogP contribution in [0.4, 0.5) is 0 Å². The van der Waals surface area contributed by atoms with Crippen LogP contribution >= 0.6 is 11.8 Å². The first-order valence-corrected chi connectivity index (χ1v) is 14.3. The van der Waals surface area contributed by atoms with Crippen molar-refractivity contribution in [3.63, 3.8) is 0 Å². The average Bonchev–Trinajstić information content (AvgIpc) is 3.36. The van der Waals surface area contributed by atoms with E-state index in [2.05, 4.69) is 9.71 Å². The Kier molecular flexibility index (Phi) is 8.42. The molecule has 0 saturated carbocycles. The number of benzene rings is 2. The van der Waals surface area contributed by atoms with E-state index >= 15 is 0 Å². The van der Waals surface area contributed by atoms with Gasteiger partial charge in [0.2, 0.25) is 12.9 Å². The summed E-state index contributed by atoms with van der Waals surface area (Å²) >= 11 is 1.31. The van der Waals surface area contributed by atoms with Gasteiger partial charge in [-0.05, 0) is 54.1 Å². The van der Waals surface area contributed by atoms with E-state index in [0.29, 0.717) is 46.1 Å². The molecule has 2 N–H and O–H groups in total. The number of hydrogen-bond acceptors (Lipinski definition) is 9. The monoisotopic (exact) mass is 558 g/mol. The molecule has 4 rings (SSSR count). The number of rotatable bonds is 11. The highest BCUT2D eigenvalue weighted by atomic mass is 32.2. The normalized spacial score (nSPS) is 13.1. The van der Waals surface area contributed by atoms with Gasteiger partial charge < -0.3 is 19.3 Å². The molecule has 3 aromatic rings. The second-order valence-electron chi connectivity index (χ2n) is 8.21. The number of carbonyl (C=O) groups excluding carboxylic acids is 1. The number of aryl methyl sites for hydroxylation is 1. The van der Waals surface area contributed by atoms with Gasteiger partial charge in [-0.25, -0.2) is 17.9 Å². The van der Waals surface area contributed by atoms with Gasteiger partial charge in [-0.1, -0.05) is 26.3 Å². The summed E-state index contributed by atoms with van der Waals surface area (Å²) < 4.78 is 45.5. The molecule has 0 bridgehead atoms. The Morgan fingerprint density at radius 1 is 1.13 bits per heavy atom. The average molecular weight is 559 g/mol. The molecule has 200 valence electrons. The van der Waals surface area contributed by atoms with Crippen LogP contribution < -0.4 is 18.9 Å². The number of pyridine rings is 1. The first-order chi connectivity index (χ1) is 18.2. The highest BCUT2D eigenvalue weighted by Gasteiger charge is 2.31. The summed E-state index contributed by atoms with van der Waals surface area (Å²) in [4.78, 5) is 29.3. The maximum absolute atomic E-state index is 13.5. The third-order valence-corrected chi connectivity index (χ3v) is 8.04. The molecule has 1 amide bonds. The molecule has 12 heteroatoms. The molecule has 38 heavy (non-hydrogen) atoms. The Hall–Kier alpha value is -3.77. The molecule has 1 aliphatic heterocycles. The Morgan fingerprint density at radius 2 is 1.92 bits per heavy atom. The van der Waals surface area contributed by atoms with Gasteiger partial charge in [-0.2, -0.15) is 0 Å². The summed E-state index contributed by atoms with van der Waals surface area (Å²) in [5.74, 6) is -0.288. The Bertz CT molecular complexity index is 1460. The zero-order valence-corrected chi connectivity index (χ0v) is 22.3. The van der Waals surface area contributed by atoms with Gasteiger partial charge >= 0.3 is 5.97 Å². The highest BCUT2D eigenvalue weighted by molar-refractivity contribution is 8.00. The Balaban J connectivity index is 1.72. The van der Waals surface area contributed by atoms with Gasteiger partial charge in [0.1, 0.15) is 10.6 Å². The van der Waals surface area contributed by atoms with E-state index in [9.17, 15) is 23.1 Å². The van der Waals surface area contributed by atoms with Crippen molar-refractivity contribution in [3.8, 4) is 17.2 Å². The molecule has 2 aromatic carbocycles. The van der Waals surface area contributed by atoms with Crippen molar-refractivity contribution >= 4 is 33.7 Å². The lowest BCUT2D eigenvalue weighted by atomic mass is 10.0. The summed E-state index contributed by atoms with van der Waals surface area (Å²) in [5.41, 5.74) is 0.966. The lowest BCUT2D eigenvalue weighted by molar-refractivity contribution is -0.126. The summed E-state index contributed by atoms with van der Waals surface area (Å²) in [6.07, 6.45) is 2.43. The zero-order chi connectivity index (χ0) is 27.3. The molecule has 0 fully saturated rings. The minimum absolute atomic E-state index is 0.0149. The summed E-state index contributed by atoms with van der Waals surface area (Å²) in [7, 11) is -4.30. The molecule has 0 saturated heterocycles. The number of ether oxygens (including phenoxy) is 3. The number of hydrogen-bond donors (Lipinski definition) is 2. The van der Waals surface area contributed by atoms with Crippen molar-refractivity contribution in [2.24, 2.45) is 0 Å². The van der Waals surface area contributed by atoms with E-state index < -0.39 is 28.0 Å². The van der Waals surface area contributed by atoms with E-state index in [1.54, 1.807) is 24.3 Å². The SMILES string of the molecule is CCCc1cc(C(=O)O)ccc1OC(C(=O)NS(=O)(=O)c1cnccc1SCC)c1ccc2c(c1)OCO2. The fourth-order valence-electron chi connectivity index (χ4n) is 3.85. The van der Waals surface area contributed by atoms with Gasteiger partial charge in [0.25, 0.3) is 15.9 Å². The second-order valence-corrected chi connectivity index (χ2v) is 11.2. The van der Waals surface area contributed by atoms with Gasteiger partial charge in [0.05, 0.1) is 5.56 Å². The van der Waals surface area contributed by atoms with E-state index in [4.69, 9.17) is 14.2 Å². The summed E-state index contributed by atoms with van der Waals surface area (Å²) in [6, 6.07) is 10.6. The zero-order valence-electron chi connectivity index (χ0n) is 20.7. The molecule has 0 spiro atoms. The summed E-state index contributed by atoms with van der Waals surface area (Å²) in [6.45, 7) is 3.82. The van der Waals surface area contributed by atoms with Crippen LogP contribution in [0.3, 0.4) is 0 Å². The number of amides is 1. The number of aromatic nitrogens is 1. The second kappa shape index (κ2) is 11.7. The van der Waals surface area contributed by atoms with E-state index in [1.807, 2.05) is 13.8 Å². The number of carboxylic acids is 1. The molecule has 1 aromatic heterocycles. The molecule has 0 radical (unpaired) electrons. The van der Waals surface area contributed by atoms with Crippen LogP contribution in [0.5, 0.6) is 17.2 Å². The third-order valence-electron chi connectivity index (χ3n) is 5.58. The lowest BCUT2D eigenvalue weighted by Gasteiger charge is -2.22. The Morgan fingerprint density at radius 3 is 2.66 bits per heavy atom. The van der Waals surface area contributed by atoms with Crippen molar-refractivity contribution < 1.29 is 37.3 Å². The topological polar surface area (TPSA) is 141 Å². The number of aromatic carboxylic acids is 1. The molecule has 10 nitrogen and oxygen atoms in total. The Labute approximate surface area is 224 Å². The van der Waals surface area contributed by atoms with E-state index in [0.717, 1.165) is 0 Å². The molecule has 1 aliphatic rings. The van der Waals surface area contributed by atoms with E-state index in [1.165, 1.54) is 42.4 Å². The van der Waals surface area contributed by atoms with Crippen LogP contribution in [0.15, 0.2) is 64.6 Å². The minimum atomic E-state index is -4.30. The predicted molar refractivity (Wildman–Crippen MR) is 139 cm³/mol. The largest absolute Gasteiger partial charge is 0.478 e. The van der Waals surface area contributed by atoms with Crippen molar-refractivity contribution in [1.82, 2.24) is 9.71 Å². The molecule has 0 aliphatic carbocycles. The number of carboxylic acid groups (broad SMARTS) is 1. The van der Waals surface area contributed by atoms with Crippen LogP contribution in [0.1, 0.15) is 47.9 Å². The predicted octanol–water partition coefficient (Wildman–Crippen LogP) is 4.20. The third kappa shape index (κ3) is 6.03. The maximum Gasteiger partial charge on any atom is 0.335 e. The van der Waals surface area contributed by atoms with Gasteiger partial charge in [0, 0.05) is 22.9 Å². The van der Waals surface area contributed by atoms with E-state index in [-0.39, 0.29) is 23.0 Å². The minimum Gasteiger partial charge on any atom is -0.478 e. The molecule has 1 unspecified atom stereocenters. The van der Waals surface area contributed by atoms with Crippen LogP contribution in [-0.4, -0.2) is 42.9 Å². The van der Waals surface area contributed by atoms with Crippen molar-refractivity contribution in [3.05, 3.63) is 71.5 Å². The number of nitrogens with one attached hydrogen (secondary N) is 1. The molecule has 1 atom stereocenters. The number of fused-ring (bicyclic) bond motifs is 1. The molecule has 2 heterocycles. The van der Waals surface area contributed by atoms with Crippen LogP contribution in [0, 0.1) is 0 Å².